The van der Waals surface area contributed by atoms with E-state index in [2.05, 4.69) is 9.05 Å². The maximum Gasteiger partial charge on any atom is 0.472 e. The van der Waals surface area contributed by atoms with Crippen molar-refractivity contribution in [2.24, 2.45) is 0 Å². The van der Waals surface area contributed by atoms with Crippen molar-refractivity contribution in [2.75, 3.05) is 13.2 Å². The van der Waals surface area contributed by atoms with Gasteiger partial charge in [0.15, 0.2) is 0 Å². The zero-order chi connectivity index (χ0) is 11.0. The summed E-state index contributed by atoms with van der Waals surface area (Å²) in [5.74, 6) is 0. The minimum atomic E-state index is -3.89. The van der Waals surface area contributed by atoms with Crippen LogP contribution in [0.25, 0.3) is 0 Å². The van der Waals surface area contributed by atoms with E-state index in [0.29, 0.717) is 6.42 Å². The molecule has 86 valence electrons. The van der Waals surface area contributed by atoms with Crippen molar-refractivity contribution in [3.63, 3.8) is 0 Å². The Labute approximate surface area is 84.7 Å². The van der Waals surface area contributed by atoms with Crippen LogP contribution < -0.4 is 0 Å². The van der Waals surface area contributed by atoms with Crippen LogP contribution in [0.1, 0.15) is 33.1 Å². The third-order valence-electron chi connectivity index (χ3n) is 1.54. The van der Waals surface area contributed by atoms with Crippen LogP contribution in [0, 0.1) is 0 Å². The van der Waals surface area contributed by atoms with E-state index in [1.165, 1.54) is 0 Å². The second kappa shape index (κ2) is 7.37. The van der Waals surface area contributed by atoms with E-state index in [1.54, 1.807) is 6.92 Å². The van der Waals surface area contributed by atoms with E-state index in [1.807, 2.05) is 6.92 Å². The minimum Gasteiger partial charge on any atom is -0.393 e. The Morgan fingerprint density at radius 1 is 1.36 bits per heavy atom. The highest BCUT2D eigenvalue weighted by Crippen LogP contribution is 2.43. The minimum absolute atomic E-state index is 0.0254. The zero-order valence-electron chi connectivity index (χ0n) is 8.68. The lowest BCUT2D eigenvalue weighted by Gasteiger charge is -2.12. The van der Waals surface area contributed by atoms with Gasteiger partial charge in [-0.25, -0.2) is 4.57 Å². The summed E-state index contributed by atoms with van der Waals surface area (Å²) >= 11 is 0. The van der Waals surface area contributed by atoms with Gasteiger partial charge in [0.05, 0.1) is 19.3 Å². The molecular formula is C8H19O5P. The van der Waals surface area contributed by atoms with Gasteiger partial charge in [0.1, 0.15) is 0 Å². The van der Waals surface area contributed by atoms with Gasteiger partial charge in [-0.05, 0) is 19.8 Å². The fraction of sp³-hybridized carbons (Fsp3) is 1.00. The van der Waals surface area contributed by atoms with Crippen molar-refractivity contribution in [3.8, 4) is 0 Å². The van der Waals surface area contributed by atoms with Crippen LogP contribution in [0.4, 0.5) is 0 Å². The van der Waals surface area contributed by atoms with Crippen LogP contribution in [0.3, 0.4) is 0 Å². The summed E-state index contributed by atoms with van der Waals surface area (Å²) in [5, 5.41) is 8.87. The van der Waals surface area contributed by atoms with E-state index in [0.717, 1.165) is 12.8 Å². The molecule has 0 radical (unpaired) electrons. The summed E-state index contributed by atoms with van der Waals surface area (Å²) in [5.41, 5.74) is 0. The molecule has 0 aliphatic rings. The quantitative estimate of drug-likeness (QED) is 0.486. The van der Waals surface area contributed by atoms with E-state index >= 15 is 0 Å². The molecule has 6 heteroatoms. The zero-order valence-corrected chi connectivity index (χ0v) is 9.57. The number of aliphatic hydroxyl groups excluding tert-OH is 1. The molecule has 0 aromatic rings. The van der Waals surface area contributed by atoms with Crippen molar-refractivity contribution in [3.05, 3.63) is 0 Å². The fourth-order valence-corrected chi connectivity index (χ4v) is 1.47. The molecule has 2 atom stereocenters. The number of phosphoric ester groups is 1. The molecule has 0 aromatic heterocycles. The molecule has 0 aliphatic carbocycles. The molecular weight excluding hydrogens is 207 g/mol. The van der Waals surface area contributed by atoms with E-state index in [9.17, 15) is 4.57 Å². The number of aliphatic hydroxyl groups is 1. The highest BCUT2D eigenvalue weighted by Gasteiger charge is 2.20. The highest BCUT2D eigenvalue weighted by molar-refractivity contribution is 7.47. The lowest BCUT2D eigenvalue weighted by atomic mass is 10.3. The summed E-state index contributed by atoms with van der Waals surface area (Å²) in [7, 11) is -3.89. The molecule has 0 saturated heterocycles. The second-order valence-corrected chi connectivity index (χ2v) is 4.58. The molecule has 14 heavy (non-hydrogen) atoms. The molecule has 0 bridgehead atoms. The van der Waals surface area contributed by atoms with Crippen LogP contribution in [0.5, 0.6) is 0 Å². The van der Waals surface area contributed by atoms with Gasteiger partial charge in [-0.3, -0.25) is 9.05 Å². The first-order valence-electron chi connectivity index (χ1n) is 4.78. The van der Waals surface area contributed by atoms with Crippen LogP contribution in [-0.2, 0) is 13.6 Å². The number of phosphoric acid groups is 1. The molecule has 0 heterocycles. The van der Waals surface area contributed by atoms with E-state index in [-0.39, 0.29) is 13.2 Å². The number of rotatable bonds is 8. The Morgan fingerprint density at radius 3 is 2.43 bits per heavy atom. The van der Waals surface area contributed by atoms with Crippen LogP contribution in [0.15, 0.2) is 0 Å². The summed E-state index contributed by atoms with van der Waals surface area (Å²) in [6.07, 6.45) is 1.41. The molecule has 0 spiro atoms. The number of hydrogen-bond donors (Lipinski definition) is 2. The third-order valence-corrected chi connectivity index (χ3v) is 2.56. The van der Waals surface area contributed by atoms with E-state index < -0.39 is 13.9 Å². The first-order chi connectivity index (χ1) is 6.48. The summed E-state index contributed by atoms with van der Waals surface area (Å²) < 4.78 is 20.4. The highest BCUT2D eigenvalue weighted by atomic mass is 31.2. The monoisotopic (exact) mass is 226 g/mol. The summed E-state index contributed by atoms with van der Waals surface area (Å²) in [6.45, 7) is 3.79. The third kappa shape index (κ3) is 8.66. The molecule has 0 fully saturated rings. The van der Waals surface area contributed by atoms with E-state index in [4.69, 9.17) is 10.00 Å². The smallest absolute Gasteiger partial charge is 0.393 e. The van der Waals surface area contributed by atoms with Gasteiger partial charge >= 0.3 is 7.82 Å². The lowest BCUT2D eigenvalue weighted by molar-refractivity contribution is 0.116. The summed E-state index contributed by atoms with van der Waals surface area (Å²) in [6, 6.07) is 0. The molecule has 2 N–H and O–H groups in total. The van der Waals surface area contributed by atoms with Gasteiger partial charge < -0.3 is 10.00 Å². The van der Waals surface area contributed by atoms with Gasteiger partial charge in [-0.15, -0.1) is 0 Å². The lowest BCUT2D eigenvalue weighted by Crippen LogP contribution is -2.05. The van der Waals surface area contributed by atoms with Gasteiger partial charge in [0, 0.05) is 0 Å². The van der Waals surface area contributed by atoms with Crippen molar-refractivity contribution in [2.45, 2.75) is 39.2 Å². The second-order valence-electron chi connectivity index (χ2n) is 3.13. The first kappa shape index (κ1) is 14.1. The topological polar surface area (TPSA) is 76.0 Å². The van der Waals surface area contributed by atoms with Crippen LogP contribution in [-0.4, -0.2) is 29.3 Å². The predicted octanol–water partition coefficient (Wildman–Crippen LogP) is 1.69. The number of unbranched alkanes of at least 4 members (excludes halogenated alkanes) is 1. The van der Waals surface area contributed by atoms with Crippen molar-refractivity contribution >= 4 is 7.82 Å². The Balaban J connectivity index is 3.56. The largest absolute Gasteiger partial charge is 0.472 e. The Bertz CT molecular complexity index is 183. The van der Waals surface area contributed by atoms with Crippen LogP contribution >= 0.6 is 7.82 Å². The Hall–Kier alpha value is 0.0700. The fourth-order valence-electron chi connectivity index (χ4n) is 0.700. The van der Waals surface area contributed by atoms with Crippen molar-refractivity contribution in [1.82, 2.24) is 0 Å². The predicted molar refractivity (Wildman–Crippen MR) is 52.9 cm³/mol. The van der Waals surface area contributed by atoms with Gasteiger partial charge in [-0.1, -0.05) is 13.3 Å². The van der Waals surface area contributed by atoms with Gasteiger partial charge in [0.25, 0.3) is 0 Å². The average molecular weight is 226 g/mol. The van der Waals surface area contributed by atoms with Crippen LogP contribution in [0.2, 0.25) is 0 Å². The average Bonchev–Trinajstić information content (AvgIpc) is 2.03. The standard InChI is InChI=1S/C8H19O5P/c1-3-4-6-12-14(10,11)13-7-5-8(2)9/h8-9H,3-7H2,1-2H3,(H,10,11). The maximum absolute atomic E-state index is 11.1. The maximum atomic E-state index is 11.1. The summed E-state index contributed by atoms with van der Waals surface area (Å²) in [4.78, 5) is 9.08. The Morgan fingerprint density at radius 2 is 1.93 bits per heavy atom. The first-order valence-corrected chi connectivity index (χ1v) is 6.27. The molecule has 0 amide bonds. The molecule has 0 saturated carbocycles. The normalized spacial score (nSPS) is 17.7. The number of hydrogen-bond acceptors (Lipinski definition) is 4. The SMILES string of the molecule is CCCCOP(=O)(O)OCCC(C)O. The molecule has 5 nitrogen and oxygen atoms in total. The van der Waals surface area contributed by atoms with Crippen molar-refractivity contribution in [1.29, 1.82) is 0 Å². The molecule has 0 rings (SSSR count). The molecule has 0 aliphatic heterocycles. The van der Waals surface area contributed by atoms with Crippen molar-refractivity contribution < 1.29 is 23.6 Å². The molecule has 0 aromatic carbocycles. The Kier molecular flexibility index (Phi) is 7.41. The van der Waals surface area contributed by atoms with Gasteiger partial charge in [0.2, 0.25) is 0 Å². The van der Waals surface area contributed by atoms with Gasteiger partial charge in [-0.2, -0.15) is 0 Å². The molecule has 2 unspecified atom stereocenters.